The van der Waals surface area contributed by atoms with E-state index in [-0.39, 0.29) is 0 Å². The molecule has 0 spiro atoms. The van der Waals surface area contributed by atoms with Crippen molar-refractivity contribution in [3.63, 3.8) is 0 Å². The van der Waals surface area contributed by atoms with Crippen LogP contribution < -0.4 is 16.4 Å². The molecule has 27 heavy (non-hydrogen) atoms. The molecule has 0 atom stereocenters. The molecule has 0 amide bonds. The van der Waals surface area contributed by atoms with Crippen molar-refractivity contribution in [3.8, 4) is 0 Å². The van der Waals surface area contributed by atoms with Gasteiger partial charge in [-0.1, -0.05) is 76.9 Å². The molecule has 0 saturated heterocycles. The van der Waals surface area contributed by atoms with E-state index in [0.29, 0.717) is 0 Å². The second-order valence-electron chi connectivity index (χ2n) is 7.85. The lowest BCUT2D eigenvalue weighted by molar-refractivity contribution is 0.545. The average Bonchev–Trinajstić information content (AvgIpc) is 2.68. The number of hydrogen-bond acceptors (Lipinski definition) is 2. The van der Waals surface area contributed by atoms with Crippen LogP contribution in [0.5, 0.6) is 0 Å². The smallest absolute Gasteiger partial charge is 0.0145 e. The predicted octanol–water partition coefficient (Wildman–Crippen LogP) is 5.96. The van der Waals surface area contributed by atoms with Gasteiger partial charge in [0.25, 0.3) is 0 Å². The van der Waals surface area contributed by atoms with Gasteiger partial charge in [-0.25, -0.2) is 5.32 Å². The Morgan fingerprint density at radius 1 is 0.630 bits per heavy atom. The summed E-state index contributed by atoms with van der Waals surface area (Å²) >= 11 is 0. The number of allylic oxidation sites excluding steroid dienone is 2. The lowest BCUT2D eigenvalue weighted by Crippen LogP contribution is -2.20. The van der Waals surface area contributed by atoms with E-state index in [0.717, 1.165) is 39.0 Å². The van der Waals surface area contributed by atoms with Crippen LogP contribution in [0.2, 0.25) is 0 Å². The summed E-state index contributed by atoms with van der Waals surface area (Å²) in [6.45, 7) is 7.25. The average molecular weight is 381 g/mol. The fourth-order valence-electron chi connectivity index (χ4n) is 3.25. The minimum atomic E-state index is 0.762. The quantitative estimate of drug-likeness (QED) is 0.170. The fourth-order valence-corrected chi connectivity index (χ4v) is 3.25. The summed E-state index contributed by atoms with van der Waals surface area (Å²) in [5.74, 6) is 0. The van der Waals surface area contributed by atoms with Gasteiger partial charge in [0.15, 0.2) is 0 Å². The number of nitrogens with zero attached hydrogens (tertiary/aromatic N) is 1. The first-order chi connectivity index (χ1) is 13.4. The minimum Gasteiger partial charge on any atom is -0.330 e. The predicted molar refractivity (Wildman–Crippen MR) is 122 cm³/mol. The van der Waals surface area contributed by atoms with E-state index in [1.54, 1.807) is 0 Å². The summed E-state index contributed by atoms with van der Waals surface area (Å²) in [5, 5.41) is 7.99. The highest BCUT2D eigenvalue weighted by Gasteiger charge is 1.93. The Labute approximate surface area is 171 Å². The van der Waals surface area contributed by atoms with Crippen molar-refractivity contribution < 1.29 is 0 Å². The van der Waals surface area contributed by atoms with Crippen molar-refractivity contribution in [2.75, 3.05) is 32.7 Å². The van der Waals surface area contributed by atoms with Gasteiger partial charge in [-0.05, 0) is 64.6 Å². The van der Waals surface area contributed by atoms with Gasteiger partial charge in [0, 0.05) is 13.1 Å². The third-order valence-electron chi connectivity index (χ3n) is 5.06. The van der Waals surface area contributed by atoms with Crippen molar-refractivity contribution in [1.29, 1.82) is 0 Å². The summed E-state index contributed by atoms with van der Waals surface area (Å²) in [5.41, 5.74) is 5.45. The Balaban J connectivity index is 3.03. The second kappa shape index (κ2) is 25.6. The van der Waals surface area contributed by atoms with Crippen LogP contribution in [0.15, 0.2) is 12.2 Å². The molecule has 0 heterocycles. The van der Waals surface area contributed by atoms with Gasteiger partial charge < -0.3 is 11.1 Å². The highest BCUT2D eigenvalue weighted by Crippen LogP contribution is 2.09. The first-order valence-electron chi connectivity index (χ1n) is 12.1. The Hall–Kier alpha value is -0.380. The molecule has 0 unspecified atom stereocenters. The molecule has 0 bridgehead atoms. The largest absolute Gasteiger partial charge is 0.330 e. The van der Waals surface area contributed by atoms with E-state index in [1.165, 1.54) is 96.4 Å². The fraction of sp³-hybridized carbons (Fsp3) is 0.917. The molecule has 3 heteroatoms. The summed E-state index contributed by atoms with van der Waals surface area (Å²) in [6, 6.07) is 0. The van der Waals surface area contributed by atoms with Crippen LogP contribution in [0.3, 0.4) is 0 Å². The topological polar surface area (TPSA) is 52.2 Å². The van der Waals surface area contributed by atoms with Crippen molar-refractivity contribution in [2.24, 2.45) is 5.73 Å². The highest BCUT2D eigenvalue weighted by molar-refractivity contribution is 4.81. The molecule has 0 aliphatic heterocycles. The molecular formula is C24H50N3. The van der Waals surface area contributed by atoms with Crippen LogP contribution in [0.1, 0.15) is 110 Å². The molecule has 0 rings (SSSR count). The van der Waals surface area contributed by atoms with Gasteiger partial charge in [0.05, 0.1) is 0 Å². The highest BCUT2D eigenvalue weighted by atomic mass is 14.9. The van der Waals surface area contributed by atoms with Crippen LogP contribution in [0.4, 0.5) is 0 Å². The molecule has 0 aliphatic rings. The van der Waals surface area contributed by atoms with Crippen LogP contribution in [0, 0.1) is 0 Å². The van der Waals surface area contributed by atoms with Crippen LogP contribution in [0.25, 0.3) is 0 Å². The van der Waals surface area contributed by atoms with E-state index in [1.807, 2.05) is 0 Å². The van der Waals surface area contributed by atoms with Crippen LogP contribution in [-0.4, -0.2) is 32.7 Å². The number of nitrogens with one attached hydrogen (secondary N) is 1. The molecule has 0 aliphatic carbocycles. The van der Waals surface area contributed by atoms with E-state index < -0.39 is 0 Å². The molecule has 0 fully saturated rings. The van der Waals surface area contributed by atoms with Gasteiger partial charge in [0.2, 0.25) is 0 Å². The lowest BCUT2D eigenvalue weighted by atomic mass is 10.1. The summed E-state index contributed by atoms with van der Waals surface area (Å²) < 4.78 is 0. The van der Waals surface area contributed by atoms with Gasteiger partial charge in [0.1, 0.15) is 0 Å². The lowest BCUT2D eigenvalue weighted by Gasteiger charge is -2.05. The Kier molecular flexibility index (Phi) is 25.3. The zero-order chi connectivity index (χ0) is 19.7. The van der Waals surface area contributed by atoms with Crippen molar-refractivity contribution >= 4 is 0 Å². The first kappa shape index (κ1) is 26.6. The standard InChI is InChI=1S/C24H50N3/c1-2-3-4-5-6-7-8-9-10-11-12-13-14-15-16-17-21-26-23-19-24-27-22-18-20-25/h9-10,26H,2-8,11-25H2,1H3/b10-9-. The molecule has 1 radical (unpaired) electrons. The SMILES string of the molecule is CCCCCCCC/C=C\CCCCCCCCNCCC[N]CCCN. The Bertz CT molecular complexity index is 279. The van der Waals surface area contributed by atoms with E-state index in [2.05, 4.69) is 29.7 Å². The van der Waals surface area contributed by atoms with Crippen molar-refractivity contribution in [1.82, 2.24) is 10.6 Å². The molecule has 3 nitrogen and oxygen atoms in total. The van der Waals surface area contributed by atoms with E-state index in [4.69, 9.17) is 5.73 Å². The number of rotatable bonds is 23. The third-order valence-corrected chi connectivity index (χ3v) is 5.06. The van der Waals surface area contributed by atoms with Crippen LogP contribution >= 0.6 is 0 Å². The van der Waals surface area contributed by atoms with E-state index in [9.17, 15) is 0 Å². The maximum Gasteiger partial charge on any atom is 0.0145 e. The number of hydrogen-bond donors (Lipinski definition) is 2. The van der Waals surface area contributed by atoms with Gasteiger partial charge >= 0.3 is 0 Å². The summed E-state index contributed by atoms with van der Waals surface area (Å²) in [4.78, 5) is 0. The molecule has 161 valence electrons. The summed E-state index contributed by atoms with van der Waals surface area (Å²) in [7, 11) is 0. The molecular weight excluding hydrogens is 330 g/mol. The van der Waals surface area contributed by atoms with Crippen molar-refractivity contribution in [2.45, 2.75) is 110 Å². The normalized spacial score (nSPS) is 11.6. The zero-order valence-electron chi connectivity index (χ0n) is 18.5. The molecule has 0 aromatic carbocycles. The van der Waals surface area contributed by atoms with Gasteiger partial charge in [-0.2, -0.15) is 0 Å². The maximum atomic E-state index is 5.45. The summed E-state index contributed by atoms with van der Waals surface area (Å²) in [6.07, 6.45) is 26.3. The molecule has 0 saturated carbocycles. The number of unbranched alkanes of at least 4 members (excludes halogenated alkanes) is 12. The number of nitrogens with two attached hydrogens (primary N) is 1. The Morgan fingerprint density at radius 2 is 1.15 bits per heavy atom. The molecule has 0 aromatic rings. The van der Waals surface area contributed by atoms with Gasteiger partial charge in [-0.15, -0.1) is 0 Å². The van der Waals surface area contributed by atoms with E-state index >= 15 is 0 Å². The Morgan fingerprint density at radius 3 is 1.78 bits per heavy atom. The maximum absolute atomic E-state index is 5.45. The second-order valence-corrected chi connectivity index (χ2v) is 7.85. The zero-order valence-corrected chi connectivity index (χ0v) is 18.5. The van der Waals surface area contributed by atoms with Gasteiger partial charge in [-0.3, -0.25) is 0 Å². The van der Waals surface area contributed by atoms with Crippen LogP contribution in [-0.2, 0) is 0 Å². The third kappa shape index (κ3) is 25.6. The minimum absolute atomic E-state index is 0.762. The molecule has 3 N–H and O–H groups in total. The molecule has 0 aromatic heterocycles. The first-order valence-corrected chi connectivity index (χ1v) is 12.1. The van der Waals surface area contributed by atoms with Crippen molar-refractivity contribution in [3.05, 3.63) is 12.2 Å². The monoisotopic (exact) mass is 380 g/mol.